The monoisotopic (exact) mass is 296 g/mol. The molecule has 1 saturated carbocycles. The summed E-state index contributed by atoms with van der Waals surface area (Å²) in [6.07, 6.45) is 6.29. The highest BCUT2D eigenvalue weighted by Crippen LogP contribution is 2.33. The summed E-state index contributed by atoms with van der Waals surface area (Å²) < 4.78 is 1.13. The molecule has 0 atom stereocenters. The maximum atomic E-state index is 6.00. The van der Waals surface area contributed by atoms with Crippen molar-refractivity contribution in [3.8, 4) is 0 Å². The standard InChI is InChI=1S/C14H21BrN2/c1-11-5-6-12(15)13(9-11)17-14(10-16)7-3-2-4-8-14/h5-6,9,17H,2-4,7-8,10,16H2,1H3. The van der Waals surface area contributed by atoms with Crippen molar-refractivity contribution in [2.24, 2.45) is 5.73 Å². The van der Waals surface area contributed by atoms with Crippen molar-refractivity contribution in [3.05, 3.63) is 28.2 Å². The molecule has 0 saturated heterocycles. The number of rotatable bonds is 3. The second kappa shape index (κ2) is 5.40. The van der Waals surface area contributed by atoms with Crippen molar-refractivity contribution in [1.82, 2.24) is 0 Å². The van der Waals surface area contributed by atoms with E-state index in [1.54, 1.807) is 0 Å². The Morgan fingerprint density at radius 1 is 1.29 bits per heavy atom. The molecule has 1 aromatic carbocycles. The third kappa shape index (κ3) is 3.02. The van der Waals surface area contributed by atoms with Crippen LogP contribution in [0.5, 0.6) is 0 Å². The topological polar surface area (TPSA) is 38.0 Å². The minimum Gasteiger partial charge on any atom is -0.377 e. The first-order valence-electron chi connectivity index (χ1n) is 6.40. The summed E-state index contributed by atoms with van der Waals surface area (Å²) in [5.74, 6) is 0. The Balaban J connectivity index is 2.20. The predicted octanol–water partition coefficient (Wildman–Crippen LogP) is 3.83. The summed E-state index contributed by atoms with van der Waals surface area (Å²) in [5, 5.41) is 3.68. The third-order valence-electron chi connectivity index (χ3n) is 3.72. The maximum Gasteiger partial charge on any atom is 0.0496 e. The van der Waals surface area contributed by atoms with Gasteiger partial charge in [-0.1, -0.05) is 25.3 Å². The molecule has 0 amide bonds. The molecule has 0 heterocycles. The van der Waals surface area contributed by atoms with E-state index in [4.69, 9.17) is 5.73 Å². The number of nitrogens with one attached hydrogen (secondary N) is 1. The Morgan fingerprint density at radius 3 is 2.65 bits per heavy atom. The minimum atomic E-state index is 0.106. The van der Waals surface area contributed by atoms with Gasteiger partial charge in [0.15, 0.2) is 0 Å². The largest absolute Gasteiger partial charge is 0.377 e. The molecule has 1 aliphatic carbocycles. The van der Waals surface area contributed by atoms with Crippen LogP contribution in [0, 0.1) is 6.92 Å². The zero-order chi connectivity index (χ0) is 12.3. The molecule has 1 aromatic rings. The van der Waals surface area contributed by atoms with Gasteiger partial charge in [-0.15, -0.1) is 0 Å². The summed E-state index contributed by atoms with van der Waals surface area (Å²) in [6.45, 7) is 2.83. The quantitative estimate of drug-likeness (QED) is 0.890. The summed E-state index contributed by atoms with van der Waals surface area (Å²) in [4.78, 5) is 0. The van der Waals surface area contributed by atoms with E-state index in [-0.39, 0.29) is 5.54 Å². The molecule has 94 valence electrons. The zero-order valence-corrected chi connectivity index (χ0v) is 12.0. The highest BCUT2D eigenvalue weighted by atomic mass is 79.9. The van der Waals surface area contributed by atoms with Gasteiger partial charge in [0.2, 0.25) is 0 Å². The number of aryl methyl sites for hydroxylation is 1. The Hall–Kier alpha value is -0.540. The van der Waals surface area contributed by atoms with Crippen LogP contribution in [0.4, 0.5) is 5.69 Å². The first-order valence-corrected chi connectivity index (χ1v) is 7.19. The molecule has 0 radical (unpaired) electrons. The van der Waals surface area contributed by atoms with E-state index in [1.807, 2.05) is 0 Å². The van der Waals surface area contributed by atoms with Gasteiger partial charge in [0.25, 0.3) is 0 Å². The first-order chi connectivity index (χ1) is 8.15. The number of hydrogen-bond donors (Lipinski definition) is 2. The SMILES string of the molecule is Cc1ccc(Br)c(NC2(CN)CCCCC2)c1. The van der Waals surface area contributed by atoms with Crippen molar-refractivity contribution < 1.29 is 0 Å². The molecule has 1 fully saturated rings. The number of benzene rings is 1. The van der Waals surface area contributed by atoms with Gasteiger partial charge < -0.3 is 11.1 Å². The van der Waals surface area contributed by atoms with Crippen molar-refractivity contribution in [1.29, 1.82) is 0 Å². The van der Waals surface area contributed by atoms with Crippen molar-refractivity contribution in [3.63, 3.8) is 0 Å². The van der Waals surface area contributed by atoms with Gasteiger partial charge in [0.05, 0.1) is 0 Å². The highest BCUT2D eigenvalue weighted by Gasteiger charge is 2.30. The molecule has 1 aliphatic rings. The lowest BCUT2D eigenvalue weighted by molar-refractivity contribution is 0.331. The van der Waals surface area contributed by atoms with Gasteiger partial charge in [-0.25, -0.2) is 0 Å². The Kier molecular flexibility index (Phi) is 4.10. The minimum absolute atomic E-state index is 0.106. The van der Waals surface area contributed by atoms with Crippen LogP contribution in [-0.2, 0) is 0 Å². The number of halogens is 1. The first kappa shape index (κ1) is 12.9. The molecule has 2 rings (SSSR count). The molecule has 0 bridgehead atoms. The fourth-order valence-corrected chi connectivity index (χ4v) is 2.98. The molecule has 0 spiro atoms. The molecule has 2 nitrogen and oxygen atoms in total. The lowest BCUT2D eigenvalue weighted by Crippen LogP contribution is -2.47. The summed E-state index contributed by atoms with van der Waals surface area (Å²) in [7, 11) is 0. The number of anilines is 1. The van der Waals surface area contributed by atoms with Crippen LogP contribution in [0.15, 0.2) is 22.7 Å². The van der Waals surface area contributed by atoms with Crippen LogP contribution in [0.25, 0.3) is 0 Å². The molecule has 3 heteroatoms. The molecule has 17 heavy (non-hydrogen) atoms. The zero-order valence-electron chi connectivity index (χ0n) is 10.4. The highest BCUT2D eigenvalue weighted by molar-refractivity contribution is 9.10. The molecule has 0 aliphatic heterocycles. The molecule has 3 N–H and O–H groups in total. The van der Waals surface area contributed by atoms with Crippen LogP contribution >= 0.6 is 15.9 Å². The lowest BCUT2D eigenvalue weighted by Gasteiger charge is -2.38. The van der Waals surface area contributed by atoms with Gasteiger partial charge in [0.1, 0.15) is 0 Å². The Morgan fingerprint density at radius 2 is 2.00 bits per heavy atom. The average Bonchev–Trinajstić information content (AvgIpc) is 2.35. The van der Waals surface area contributed by atoms with Gasteiger partial charge in [0, 0.05) is 22.2 Å². The second-order valence-electron chi connectivity index (χ2n) is 5.15. The second-order valence-corrected chi connectivity index (χ2v) is 6.01. The molecule has 0 unspecified atom stereocenters. The van der Waals surface area contributed by atoms with Gasteiger partial charge in [-0.3, -0.25) is 0 Å². The average molecular weight is 297 g/mol. The van der Waals surface area contributed by atoms with E-state index in [1.165, 1.54) is 43.4 Å². The summed E-state index contributed by atoms with van der Waals surface area (Å²) in [5.41, 5.74) is 8.56. The van der Waals surface area contributed by atoms with Crippen LogP contribution < -0.4 is 11.1 Å². The van der Waals surface area contributed by atoms with Crippen molar-refractivity contribution >= 4 is 21.6 Å². The van der Waals surface area contributed by atoms with Crippen LogP contribution in [0.3, 0.4) is 0 Å². The molecular weight excluding hydrogens is 276 g/mol. The fraction of sp³-hybridized carbons (Fsp3) is 0.571. The Bertz CT molecular complexity index is 384. The van der Waals surface area contributed by atoms with E-state index in [0.29, 0.717) is 6.54 Å². The maximum absolute atomic E-state index is 6.00. The normalized spacial score (nSPS) is 19.0. The number of hydrogen-bond acceptors (Lipinski definition) is 2. The van der Waals surface area contributed by atoms with Crippen LogP contribution in [0.2, 0.25) is 0 Å². The van der Waals surface area contributed by atoms with E-state index < -0.39 is 0 Å². The number of nitrogens with two attached hydrogens (primary N) is 1. The summed E-state index contributed by atoms with van der Waals surface area (Å²) >= 11 is 3.61. The van der Waals surface area contributed by atoms with Crippen LogP contribution in [0.1, 0.15) is 37.7 Å². The van der Waals surface area contributed by atoms with E-state index in [0.717, 1.165) is 4.47 Å². The third-order valence-corrected chi connectivity index (χ3v) is 4.41. The molecule has 0 aromatic heterocycles. The van der Waals surface area contributed by atoms with E-state index in [9.17, 15) is 0 Å². The van der Waals surface area contributed by atoms with E-state index >= 15 is 0 Å². The molecular formula is C14H21BrN2. The smallest absolute Gasteiger partial charge is 0.0496 e. The van der Waals surface area contributed by atoms with Crippen LogP contribution in [-0.4, -0.2) is 12.1 Å². The predicted molar refractivity (Wildman–Crippen MR) is 77.4 cm³/mol. The van der Waals surface area contributed by atoms with Gasteiger partial charge >= 0.3 is 0 Å². The Labute approximate surface area is 112 Å². The van der Waals surface area contributed by atoms with Gasteiger partial charge in [-0.2, -0.15) is 0 Å². The van der Waals surface area contributed by atoms with Crippen molar-refractivity contribution in [2.75, 3.05) is 11.9 Å². The van der Waals surface area contributed by atoms with Crippen molar-refractivity contribution in [2.45, 2.75) is 44.6 Å². The fourth-order valence-electron chi connectivity index (χ4n) is 2.63. The summed E-state index contributed by atoms with van der Waals surface area (Å²) in [6, 6.07) is 6.41. The van der Waals surface area contributed by atoms with E-state index in [2.05, 4.69) is 46.4 Å². The lowest BCUT2D eigenvalue weighted by atomic mass is 9.81. The van der Waals surface area contributed by atoms with Gasteiger partial charge in [-0.05, 0) is 53.4 Å².